The van der Waals surface area contributed by atoms with E-state index < -0.39 is 0 Å². The molecule has 2 rings (SSSR count). The third-order valence-corrected chi connectivity index (χ3v) is 5.11. The van der Waals surface area contributed by atoms with Crippen LogP contribution in [0.5, 0.6) is 0 Å². The van der Waals surface area contributed by atoms with Crippen molar-refractivity contribution in [2.24, 2.45) is 4.99 Å². The number of nitrogens with one attached hydrogen (secondary N) is 1. The lowest BCUT2D eigenvalue weighted by molar-refractivity contribution is -0.130. The number of guanidine groups is 1. The molecular formula is C17H29N5OS. The average molecular weight is 352 g/mol. The van der Waals surface area contributed by atoms with Gasteiger partial charge in [-0.15, -0.1) is 11.3 Å². The Bertz CT molecular complexity index is 549. The molecule has 1 N–H and O–H groups in total. The molecular weight excluding hydrogens is 322 g/mol. The lowest BCUT2D eigenvalue weighted by atomic mass is 10.2. The molecule has 7 heteroatoms. The summed E-state index contributed by atoms with van der Waals surface area (Å²) in [4.78, 5) is 24.8. The number of aliphatic imine (C=N–C) groups is 1. The van der Waals surface area contributed by atoms with Crippen LogP contribution in [0.15, 0.2) is 10.4 Å². The number of aromatic nitrogens is 1. The van der Waals surface area contributed by atoms with Crippen LogP contribution < -0.4 is 5.32 Å². The molecule has 0 radical (unpaired) electrons. The second-order valence-electron chi connectivity index (χ2n) is 6.07. The Morgan fingerprint density at radius 3 is 2.58 bits per heavy atom. The number of amides is 1. The zero-order valence-corrected chi connectivity index (χ0v) is 15.9. The number of unbranched alkanes of at least 4 members (excludes halogenated alkanes) is 1. The van der Waals surface area contributed by atoms with E-state index in [2.05, 4.69) is 27.5 Å². The molecule has 0 saturated carbocycles. The van der Waals surface area contributed by atoms with Crippen molar-refractivity contribution in [3.05, 3.63) is 16.1 Å². The largest absolute Gasteiger partial charge is 0.357 e. The molecule has 0 unspecified atom stereocenters. The highest BCUT2D eigenvalue weighted by Crippen LogP contribution is 2.11. The van der Waals surface area contributed by atoms with Crippen LogP contribution in [-0.4, -0.2) is 65.9 Å². The maximum Gasteiger partial charge on any atom is 0.219 e. The first-order valence-corrected chi connectivity index (χ1v) is 9.68. The molecule has 1 saturated heterocycles. The minimum Gasteiger partial charge on any atom is -0.357 e. The minimum atomic E-state index is 0.161. The molecule has 1 aromatic rings. The molecule has 134 valence electrons. The number of carbonyl (C=O) groups is 1. The molecule has 1 aliphatic rings. The standard InChI is InChI=1S/C17H29N5OS/c1-4-18-17(22-11-9-21(10-12-22)15(3)23)19-8-6-5-7-16-20-14(2)13-24-16/h13H,4-12H2,1-3H3,(H,18,19). The fourth-order valence-electron chi connectivity index (χ4n) is 2.75. The number of carbonyl (C=O) groups excluding carboxylic acids is 1. The highest BCUT2D eigenvalue weighted by molar-refractivity contribution is 7.09. The molecule has 0 bridgehead atoms. The van der Waals surface area contributed by atoms with Gasteiger partial charge in [-0.1, -0.05) is 0 Å². The van der Waals surface area contributed by atoms with Crippen molar-refractivity contribution < 1.29 is 4.79 Å². The lowest BCUT2D eigenvalue weighted by Crippen LogP contribution is -2.53. The average Bonchev–Trinajstić information content (AvgIpc) is 2.99. The Hall–Kier alpha value is -1.63. The quantitative estimate of drug-likeness (QED) is 0.483. The zero-order valence-electron chi connectivity index (χ0n) is 15.0. The third kappa shape index (κ3) is 5.78. The van der Waals surface area contributed by atoms with E-state index >= 15 is 0 Å². The number of aryl methyl sites for hydroxylation is 2. The summed E-state index contributed by atoms with van der Waals surface area (Å²) in [5, 5.41) is 6.70. The van der Waals surface area contributed by atoms with Crippen molar-refractivity contribution in [3.63, 3.8) is 0 Å². The summed E-state index contributed by atoms with van der Waals surface area (Å²) in [6, 6.07) is 0. The maximum absolute atomic E-state index is 11.4. The predicted octanol–water partition coefficient (Wildman–Crippen LogP) is 1.90. The zero-order chi connectivity index (χ0) is 17.4. The van der Waals surface area contributed by atoms with Gasteiger partial charge >= 0.3 is 0 Å². The number of piperazine rings is 1. The molecule has 1 amide bonds. The third-order valence-electron chi connectivity index (χ3n) is 4.09. The van der Waals surface area contributed by atoms with Crippen molar-refractivity contribution in [2.45, 2.75) is 40.0 Å². The van der Waals surface area contributed by atoms with Gasteiger partial charge in [-0.3, -0.25) is 9.79 Å². The van der Waals surface area contributed by atoms with Crippen molar-refractivity contribution in [1.82, 2.24) is 20.1 Å². The van der Waals surface area contributed by atoms with Gasteiger partial charge in [0.1, 0.15) is 0 Å². The van der Waals surface area contributed by atoms with Gasteiger partial charge in [0.05, 0.1) is 5.01 Å². The Kier molecular flexibility index (Phi) is 7.49. The highest BCUT2D eigenvalue weighted by atomic mass is 32.1. The molecule has 0 spiro atoms. The number of nitrogens with zero attached hydrogens (tertiary/aromatic N) is 4. The Labute approximate surface area is 149 Å². The van der Waals surface area contributed by atoms with E-state index in [4.69, 9.17) is 4.99 Å². The summed E-state index contributed by atoms with van der Waals surface area (Å²) in [6.45, 7) is 10.7. The van der Waals surface area contributed by atoms with Crippen molar-refractivity contribution >= 4 is 23.2 Å². The van der Waals surface area contributed by atoms with E-state index in [9.17, 15) is 4.79 Å². The molecule has 6 nitrogen and oxygen atoms in total. The van der Waals surface area contributed by atoms with E-state index in [0.717, 1.165) is 70.2 Å². The monoisotopic (exact) mass is 351 g/mol. The van der Waals surface area contributed by atoms with Gasteiger partial charge < -0.3 is 15.1 Å². The molecule has 2 heterocycles. The van der Waals surface area contributed by atoms with Gasteiger partial charge in [-0.25, -0.2) is 4.98 Å². The first-order valence-electron chi connectivity index (χ1n) is 8.80. The summed E-state index contributed by atoms with van der Waals surface area (Å²) in [7, 11) is 0. The normalized spacial score (nSPS) is 15.7. The molecule has 1 aromatic heterocycles. The summed E-state index contributed by atoms with van der Waals surface area (Å²) in [5.74, 6) is 1.14. The van der Waals surface area contributed by atoms with Gasteiger partial charge in [0.25, 0.3) is 0 Å². The Balaban J connectivity index is 1.75. The summed E-state index contributed by atoms with van der Waals surface area (Å²) < 4.78 is 0. The fourth-order valence-corrected chi connectivity index (χ4v) is 3.57. The fraction of sp³-hybridized carbons (Fsp3) is 0.706. The summed E-state index contributed by atoms with van der Waals surface area (Å²) >= 11 is 1.75. The molecule has 0 aliphatic carbocycles. The van der Waals surface area contributed by atoms with Crippen molar-refractivity contribution in [1.29, 1.82) is 0 Å². The van der Waals surface area contributed by atoms with E-state index in [-0.39, 0.29) is 5.91 Å². The van der Waals surface area contributed by atoms with Crippen LogP contribution in [0.25, 0.3) is 0 Å². The van der Waals surface area contributed by atoms with E-state index in [1.165, 1.54) is 5.01 Å². The first-order chi connectivity index (χ1) is 11.6. The topological polar surface area (TPSA) is 60.8 Å². The molecule has 24 heavy (non-hydrogen) atoms. The first kappa shape index (κ1) is 18.7. The lowest BCUT2D eigenvalue weighted by Gasteiger charge is -2.36. The molecule has 0 aromatic carbocycles. The van der Waals surface area contributed by atoms with Crippen LogP contribution in [0.1, 0.15) is 37.4 Å². The van der Waals surface area contributed by atoms with Gasteiger partial charge in [0.2, 0.25) is 5.91 Å². The molecule has 0 atom stereocenters. The number of rotatable bonds is 6. The number of hydrogen-bond acceptors (Lipinski definition) is 4. The van der Waals surface area contributed by atoms with Gasteiger partial charge in [0, 0.05) is 57.3 Å². The van der Waals surface area contributed by atoms with E-state index in [1.54, 1.807) is 18.3 Å². The van der Waals surface area contributed by atoms with Crippen LogP contribution >= 0.6 is 11.3 Å². The molecule has 1 aliphatic heterocycles. The smallest absolute Gasteiger partial charge is 0.219 e. The summed E-state index contributed by atoms with van der Waals surface area (Å²) in [6.07, 6.45) is 3.23. The van der Waals surface area contributed by atoms with Gasteiger partial charge in [0.15, 0.2) is 5.96 Å². The Morgan fingerprint density at radius 2 is 2.00 bits per heavy atom. The van der Waals surface area contributed by atoms with Crippen LogP contribution in [-0.2, 0) is 11.2 Å². The maximum atomic E-state index is 11.4. The number of thiazole rings is 1. The summed E-state index contributed by atoms with van der Waals surface area (Å²) in [5.41, 5.74) is 1.12. The van der Waals surface area contributed by atoms with Crippen molar-refractivity contribution in [2.75, 3.05) is 39.3 Å². The SMILES string of the molecule is CCNC(=NCCCCc1nc(C)cs1)N1CCN(C(C)=O)CC1. The molecule has 1 fully saturated rings. The van der Waals surface area contributed by atoms with E-state index in [0.29, 0.717) is 0 Å². The minimum absolute atomic E-state index is 0.161. The van der Waals surface area contributed by atoms with Crippen LogP contribution in [0.2, 0.25) is 0 Å². The van der Waals surface area contributed by atoms with Crippen molar-refractivity contribution in [3.8, 4) is 0 Å². The van der Waals surface area contributed by atoms with Gasteiger partial charge in [-0.2, -0.15) is 0 Å². The number of hydrogen-bond donors (Lipinski definition) is 1. The van der Waals surface area contributed by atoms with Gasteiger partial charge in [-0.05, 0) is 33.1 Å². The second kappa shape index (κ2) is 9.61. The van der Waals surface area contributed by atoms with Crippen LogP contribution in [0.3, 0.4) is 0 Å². The second-order valence-corrected chi connectivity index (χ2v) is 7.01. The Morgan fingerprint density at radius 1 is 1.29 bits per heavy atom. The predicted molar refractivity (Wildman–Crippen MR) is 99.6 cm³/mol. The highest BCUT2D eigenvalue weighted by Gasteiger charge is 2.20. The van der Waals surface area contributed by atoms with E-state index in [1.807, 2.05) is 11.8 Å². The van der Waals surface area contributed by atoms with Crippen LogP contribution in [0, 0.1) is 6.92 Å². The van der Waals surface area contributed by atoms with Crippen LogP contribution in [0.4, 0.5) is 0 Å².